The molecule has 0 spiro atoms. The standard InChI is InChI=1S/C14H18N2O/c15-8-7-12-3-5-14(6-4-12)17-11-13-2-1-9-16-10-13/h3-6,13,16H,1-2,7,9-11H2. The first-order valence-electron chi connectivity index (χ1n) is 6.18. The van der Waals surface area contributed by atoms with Crippen molar-refractivity contribution in [2.45, 2.75) is 19.3 Å². The van der Waals surface area contributed by atoms with Crippen molar-refractivity contribution in [1.29, 1.82) is 5.26 Å². The Labute approximate surface area is 102 Å². The van der Waals surface area contributed by atoms with Crippen molar-refractivity contribution in [3.05, 3.63) is 29.8 Å². The minimum atomic E-state index is 0.465. The fourth-order valence-electron chi connectivity index (χ4n) is 2.08. The van der Waals surface area contributed by atoms with Crippen LogP contribution in [0.3, 0.4) is 0 Å². The third kappa shape index (κ3) is 3.76. The fraction of sp³-hybridized carbons (Fsp3) is 0.500. The number of hydrogen-bond acceptors (Lipinski definition) is 3. The lowest BCUT2D eigenvalue weighted by molar-refractivity contribution is 0.218. The number of hydrogen-bond donors (Lipinski definition) is 1. The Balaban J connectivity index is 1.80. The molecule has 0 saturated carbocycles. The van der Waals surface area contributed by atoms with Gasteiger partial charge < -0.3 is 10.1 Å². The fourth-order valence-corrected chi connectivity index (χ4v) is 2.08. The normalized spacial score (nSPS) is 19.6. The van der Waals surface area contributed by atoms with Crippen LogP contribution in [0.5, 0.6) is 5.75 Å². The summed E-state index contributed by atoms with van der Waals surface area (Å²) in [6.45, 7) is 2.98. The monoisotopic (exact) mass is 230 g/mol. The predicted molar refractivity (Wildman–Crippen MR) is 66.8 cm³/mol. The molecule has 3 heteroatoms. The van der Waals surface area contributed by atoms with Crippen LogP contribution in [0, 0.1) is 17.2 Å². The Morgan fingerprint density at radius 1 is 1.35 bits per heavy atom. The highest BCUT2D eigenvalue weighted by Gasteiger charge is 2.13. The number of nitrogens with zero attached hydrogens (tertiary/aromatic N) is 1. The van der Waals surface area contributed by atoms with Crippen LogP contribution in [0.15, 0.2) is 24.3 Å². The molecule has 0 aliphatic carbocycles. The van der Waals surface area contributed by atoms with Crippen LogP contribution in [-0.2, 0) is 6.42 Å². The molecule has 0 amide bonds. The molecule has 1 N–H and O–H groups in total. The van der Waals surface area contributed by atoms with Gasteiger partial charge >= 0.3 is 0 Å². The summed E-state index contributed by atoms with van der Waals surface area (Å²) in [6, 6.07) is 9.94. The van der Waals surface area contributed by atoms with Gasteiger partial charge in [-0.1, -0.05) is 12.1 Å². The number of nitriles is 1. The zero-order valence-electron chi connectivity index (χ0n) is 9.98. The second-order valence-corrected chi connectivity index (χ2v) is 4.50. The van der Waals surface area contributed by atoms with Crippen LogP contribution >= 0.6 is 0 Å². The van der Waals surface area contributed by atoms with Crippen LogP contribution in [0.1, 0.15) is 18.4 Å². The van der Waals surface area contributed by atoms with E-state index in [0.717, 1.165) is 31.0 Å². The first-order valence-corrected chi connectivity index (χ1v) is 6.18. The topological polar surface area (TPSA) is 45.0 Å². The maximum absolute atomic E-state index is 8.57. The van der Waals surface area contributed by atoms with Gasteiger partial charge in [-0.15, -0.1) is 0 Å². The molecule has 0 radical (unpaired) electrons. The minimum Gasteiger partial charge on any atom is -0.493 e. The van der Waals surface area contributed by atoms with E-state index in [1.54, 1.807) is 0 Å². The van der Waals surface area contributed by atoms with Crippen molar-refractivity contribution in [3.8, 4) is 11.8 Å². The summed E-state index contributed by atoms with van der Waals surface area (Å²) in [7, 11) is 0. The molecule has 1 aliphatic rings. The molecular formula is C14H18N2O. The summed E-state index contributed by atoms with van der Waals surface area (Å²) in [5.74, 6) is 1.53. The van der Waals surface area contributed by atoms with Crippen molar-refractivity contribution >= 4 is 0 Å². The molecule has 2 rings (SSSR count). The zero-order chi connectivity index (χ0) is 11.9. The maximum atomic E-state index is 8.57. The van der Waals surface area contributed by atoms with E-state index in [4.69, 9.17) is 10.00 Å². The van der Waals surface area contributed by atoms with Crippen LogP contribution in [0.25, 0.3) is 0 Å². The molecule has 3 nitrogen and oxygen atoms in total. The van der Waals surface area contributed by atoms with Gasteiger partial charge in [-0.2, -0.15) is 5.26 Å². The van der Waals surface area contributed by atoms with Gasteiger partial charge in [-0.25, -0.2) is 0 Å². The molecule has 1 aromatic carbocycles. The van der Waals surface area contributed by atoms with Gasteiger partial charge in [-0.3, -0.25) is 0 Å². The van der Waals surface area contributed by atoms with Crippen LogP contribution in [-0.4, -0.2) is 19.7 Å². The third-order valence-electron chi connectivity index (χ3n) is 3.09. The average Bonchev–Trinajstić information content (AvgIpc) is 2.40. The van der Waals surface area contributed by atoms with Crippen LogP contribution in [0.4, 0.5) is 0 Å². The summed E-state index contributed by atoms with van der Waals surface area (Å²) in [6.07, 6.45) is 2.96. The summed E-state index contributed by atoms with van der Waals surface area (Å²) >= 11 is 0. The smallest absolute Gasteiger partial charge is 0.119 e. The number of nitrogens with one attached hydrogen (secondary N) is 1. The van der Waals surface area contributed by atoms with Gasteiger partial charge in [0, 0.05) is 12.5 Å². The lowest BCUT2D eigenvalue weighted by Gasteiger charge is -2.22. The maximum Gasteiger partial charge on any atom is 0.119 e. The van der Waals surface area contributed by atoms with Crippen LogP contribution < -0.4 is 10.1 Å². The molecule has 17 heavy (non-hydrogen) atoms. The molecule has 1 aliphatic heterocycles. The Bertz CT molecular complexity index is 374. The summed E-state index contributed by atoms with van der Waals surface area (Å²) < 4.78 is 5.76. The Kier molecular flexibility index (Phi) is 4.40. The van der Waals surface area contributed by atoms with Crippen LogP contribution in [0.2, 0.25) is 0 Å². The molecular weight excluding hydrogens is 212 g/mol. The molecule has 1 heterocycles. The predicted octanol–water partition coefficient (Wildman–Crippen LogP) is 2.13. The number of rotatable bonds is 4. The molecule has 1 unspecified atom stereocenters. The third-order valence-corrected chi connectivity index (χ3v) is 3.09. The summed E-state index contributed by atoms with van der Waals surface area (Å²) in [5, 5.41) is 12.0. The molecule has 0 aromatic heterocycles. The van der Waals surface area contributed by atoms with Crippen molar-refractivity contribution in [2.24, 2.45) is 5.92 Å². The number of piperidine rings is 1. The van der Waals surface area contributed by atoms with Crippen molar-refractivity contribution in [3.63, 3.8) is 0 Å². The van der Waals surface area contributed by atoms with Gasteiger partial charge in [-0.05, 0) is 37.1 Å². The van der Waals surface area contributed by atoms with Crippen molar-refractivity contribution in [2.75, 3.05) is 19.7 Å². The van der Waals surface area contributed by atoms with E-state index in [1.165, 1.54) is 12.8 Å². The molecule has 1 saturated heterocycles. The first kappa shape index (κ1) is 11.9. The Morgan fingerprint density at radius 2 is 2.18 bits per heavy atom. The first-order chi connectivity index (χ1) is 8.38. The molecule has 1 atom stereocenters. The average molecular weight is 230 g/mol. The highest BCUT2D eigenvalue weighted by Crippen LogP contribution is 2.16. The molecule has 0 bridgehead atoms. The van der Waals surface area contributed by atoms with E-state index >= 15 is 0 Å². The van der Waals surface area contributed by atoms with E-state index in [-0.39, 0.29) is 0 Å². The Morgan fingerprint density at radius 3 is 2.82 bits per heavy atom. The minimum absolute atomic E-state index is 0.465. The largest absolute Gasteiger partial charge is 0.493 e. The van der Waals surface area contributed by atoms with E-state index in [1.807, 2.05) is 24.3 Å². The highest BCUT2D eigenvalue weighted by molar-refractivity contribution is 5.28. The molecule has 1 aromatic rings. The van der Waals surface area contributed by atoms with E-state index < -0.39 is 0 Å². The van der Waals surface area contributed by atoms with Gasteiger partial charge in [0.05, 0.1) is 19.1 Å². The van der Waals surface area contributed by atoms with Gasteiger partial charge in [0.15, 0.2) is 0 Å². The van der Waals surface area contributed by atoms with E-state index in [0.29, 0.717) is 12.3 Å². The number of ether oxygens (including phenoxy) is 1. The quantitative estimate of drug-likeness (QED) is 0.861. The summed E-state index contributed by atoms with van der Waals surface area (Å²) in [4.78, 5) is 0. The lowest BCUT2D eigenvalue weighted by atomic mass is 10.0. The van der Waals surface area contributed by atoms with Gasteiger partial charge in [0.1, 0.15) is 5.75 Å². The molecule has 90 valence electrons. The van der Waals surface area contributed by atoms with Gasteiger partial charge in [0.2, 0.25) is 0 Å². The van der Waals surface area contributed by atoms with E-state index in [2.05, 4.69) is 11.4 Å². The lowest BCUT2D eigenvalue weighted by Crippen LogP contribution is -2.33. The SMILES string of the molecule is N#CCc1ccc(OCC2CCCNC2)cc1. The second kappa shape index (κ2) is 6.27. The second-order valence-electron chi connectivity index (χ2n) is 4.50. The number of benzene rings is 1. The Hall–Kier alpha value is -1.53. The zero-order valence-corrected chi connectivity index (χ0v) is 9.98. The van der Waals surface area contributed by atoms with Crippen molar-refractivity contribution < 1.29 is 4.74 Å². The summed E-state index contributed by atoms with van der Waals surface area (Å²) in [5.41, 5.74) is 1.04. The highest BCUT2D eigenvalue weighted by atomic mass is 16.5. The molecule has 1 fully saturated rings. The van der Waals surface area contributed by atoms with Crippen molar-refractivity contribution in [1.82, 2.24) is 5.32 Å². The van der Waals surface area contributed by atoms with E-state index in [9.17, 15) is 0 Å². The van der Waals surface area contributed by atoms with Gasteiger partial charge in [0.25, 0.3) is 0 Å².